The first-order valence-electron chi connectivity index (χ1n) is 9.30. The first-order chi connectivity index (χ1) is 12.8. The molecule has 0 aromatic heterocycles. The number of benzene rings is 1. The van der Waals surface area contributed by atoms with Crippen LogP contribution in [0.4, 0.5) is 4.79 Å². The third-order valence-corrected chi connectivity index (χ3v) is 4.76. The lowest BCUT2D eigenvalue weighted by atomic mass is 9.95. The van der Waals surface area contributed by atoms with Crippen LogP contribution in [-0.4, -0.2) is 35.2 Å². The van der Waals surface area contributed by atoms with Gasteiger partial charge in [-0.25, -0.2) is 9.59 Å². The van der Waals surface area contributed by atoms with E-state index in [9.17, 15) is 19.5 Å². The highest BCUT2D eigenvalue weighted by atomic mass is 16.5. The molecular formula is C20H30N2O5. The van der Waals surface area contributed by atoms with E-state index in [1.165, 1.54) is 0 Å². The highest BCUT2D eigenvalue weighted by Crippen LogP contribution is 2.12. The van der Waals surface area contributed by atoms with Crippen molar-refractivity contribution >= 4 is 18.0 Å². The molecular weight excluding hydrogens is 348 g/mol. The number of amides is 2. The summed E-state index contributed by atoms with van der Waals surface area (Å²) >= 11 is 0. The van der Waals surface area contributed by atoms with Gasteiger partial charge in [0.2, 0.25) is 5.91 Å². The van der Waals surface area contributed by atoms with Crippen LogP contribution in [0, 0.1) is 11.8 Å². The van der Waals surface area contributed by atoms with Crippen LogP contribution in [0.2, 0.25) is 0 Å². The number of rotatable bonds is 10. The fourth-order valence-corrected chi connectivity index (χ4v) is 2.52. The van der Waals surface area contributed by atoms with Crippen molar-refractivity contribution < 1.29 is 24.2 Å². The molecule has 7 heteroatoms. The van der Waals surface area contributed by atoms with E-state index in [1.54, 1.807) is 6.92 Å². The molecule has 27 heavy (non-hydrogen) atoms. The van der Waals surface area contributed by atoms with E-state index in [2.05, 4.69) is 10.6 Å². The van der Waals surface area contributed by atoms with Crippen molar-refractivity contribution in [3.8, 4) is 0 Å². The van der Waals surface area contributed by atoms with Gasteiger partial charge in [-0.2, -0.15) is 0 Å². The van der Waals surface area contributed by atoms with Gasteiger partial charge in [-0.15, -0.1) is 0 Å². The summed E-state index contributed by atoms with van der Waals surface area (Å²) in [5.74, 6) is -2.02. The zero-order valence-electron chi connectivity index (χ0n) is 16.4. The molecule has 0 saturated carbocycles. The Morgan fingerprint density at radius 1 is 0.963 bits per heavy atom. The monoisotopic (exact) mass is 378 g/mol. The van der Waals surface area contributed by atoms with Crippen molar-refractivity contribution in [2.45, 2.75) is 59.2 Å². The van der Waals surface area contributed by atoms with Gasteiger partial charge in [-0.1, -0.05) is 70.9 Å². The van der Waals surface area contributed by atoms with E-state index in [-0.39, 0.29) is 18.4 Å². The number of carbonyl (C=O) groups is 3. The first kappa shape index (κ1) is 22.5. The smallest absolute Gasteiger partial charge is 0.408 e. The normalized spacial score (nSPS) is 15.1. The minimum atomic E-state index is -1.09. The average molecular weight is 378 g/mol. The lowest BCUT2D eigenvalue weighted by Gasteiger charge is -2.27. The Kier molecular flexibility index (Phi) is 9.33. The first-order valence-corrected chi connectivity index (χ1v) is 9.30. The van der Waals surface area contributed by atoms with Gasteiger partial charge >= 0.3 is 12.1 Å². The molecule has 0 fully saturated rings. The third-order valence-electron chi connectivity index (χ3n) is 4.76. The number of hydrogen-bond donors (Lipinski definition) is 3. The minimum absolute atomic E-state index is 0.0894. The predicted octanol–water partition coefficient (Wildman–Crippen LogP) is 2.94. The fraction of sp³-hybridized carbons (Fsp3) is 0.550. The standard InChI is InChI=1S/C20H30N2O5/c1-5-13(3)16(18(23)21-17(19(24)25)14(4)6-2)22-20(26)27-12-15-10-8-7-9-11-15/h7-11,13-14,16-17H,5-6,12H2,1-4H3,(H,21,23)(H,22,26)(H,24,25)/t13-,14-,16+,17+/m0/s1. The van der Waals surface area contributed by atoms with Gasteiger partial charge < -0.3 is 20.5 Å². The lowest BCUT2D eigenvalue weighted by molar-refractivity contribution is -0.143. The van der Waals surface area contributed by atoms with Crippen LogP contribution in [0.15, 0.2) is 30.3 Å². The molecule has 0 aliphatic carbocycles. The molecule has 1 rings (SSSR count). The Morgan fingerprint density at radius 2 is 1.52 bits per heavy atom. The molecule has 0 aliphatic rings. The molecule has 4 atom stereocenters. The maximum atomic E-state index is 12.6. The molecule has 2 amide bonds. The maximum absolute atomic E-state index is 12.6. The largest absolute Gasteiger partial charge is 0.480 e. The summed E-state index contributed by atoms with van der Waals surface area (Å²) in [4.78, 5) is 36.2. The van der Waals surface area contributed by atoms with Gasteiger partial charge in [-0.05, 0) is 17.4 Å². The Hall–Kier alpha value is -2.57. The van der Waals surface area contributed by atoms with Crippen LogP contribution < -0.4 is 10.6 Å². The lowest BCUT2D eigenvalue weighted by Crippen LogP contribution is -2.55. The molecule has 1 aromatic carbocycles. The van der Waals surface area contributed by atoms with Crippen LogP contribution in [0.3, 0.4) is 0 Å². The summed E-state index contributed by atoms with van der Waals surface area (Å²) in [6.45, 7) is 7.43. The molecule has 7 nitrogen and oxygen atoms in total. The van der Waals surface area contributed by atoms with Crippen molar-refractivity contribution in [1.29, 1.82) is 0 Å². The maximum Gasteiger partial charge on any atom is 0.408 e. The average Bonchev–Trinajstić information content (AvgIpc) is 2.67. The number of carbonyl (C=O) groups excluding carboxylic acids is 2. The fourth-order valence-electron chi connectivity index (χ4n) is 2.52. The predicted molar refractivity (Wildman–Crippen MR) is 102 cm³/mol. The minimum Gasteiger partial charge on any atom is -0.480 e. The highest BCUT2D eigenvalue weighted by molar-refractivity contribution is 5.89. The van der Waals surface area contributed by atoms with E-state index in [4.69, 9.17) is 4.74 Å². The molecule has 0 radical (unpaired) electrons. The van der Waals surface area contributed by atoms with Gasteiger partial charge in [-0.3, -0.25) is 4.79 Å². The zero-order valence-corrected chi connectivity index (χ0v) is 16.4. The summed E-state index contributed by atoms with van der Waals surface area (Å²) in [7, 11) is 0. The number of carboxylic acid groups (broad SMARTS) is 1. The number of hydrogen-bond acceptors (Lipinski definition) is 4. The number of nitrogens with one attached hydrogen (secondary N) is 2. The van der Waals surface area contributed by atoms with Gasteiger partial charge in [0, 0.05) is 0 Å². The van der Waals surface area contributed by atoms with Crippen molar-refractivity contribution in [3.05, 3.63) is 35.9 Å². The topological polar surface area (TPSA) is 105 Å². The van der Waals surface area contributed by atoms with E-state index in [1.807, 2.05) is 51.1 Å². The molecule has 0 saturated heterocycles. The van der Waals surface area contributed by atoms with E-state index in [0.717, 1.165) is 5.56 Å². The van der Waals surface area contributed by atoms with E-state index >= 15 is 0 Å². The number of aliphatic carboxylic acids is 1. The molecule has 0 aliphatic heterocycles. The van der Waals surface area contributed by atoms with Crippen molar-refractivity contribution in [2.75, 3.05) is 0 Å². The quantitative estimate of drug-likeness (QED) is 0.581. The summed E-state index contributed by atoms with van der Waals surface area (Å²) < 4.78 is 5.18. The summed E-state index contributed by atoms with van der Waals surface area (Å²) in [6, 6.07) is 7.33. The van der Waals surface area contributed by atoms with Gasteiger partial charge in [0.15, 0.2) is 0 Å². The van der Waals surface area contributed by atoms with E-state index < -0.39 is 30.1 Å². The molecule has 0 spiro atoms. The Labute approximate surface area is 160 Å². The van der Waals surface area contributed by atoms with Gasteiger partial charge in [0.1, 0.15) is 18.7 Å². The second kappa shape index (κ2) is 11.2. The molecule has 1 aromatic rings. The summed E-state index contributed by atoms with van der Waals surface area (Å²) in [6.07, 6.45) is 0.533. The van der Waals surface area contributed by atoms with Gasteiger partial charge in [0.05, 0.1) is 0 Å². The second-order valence-corrected chi connectivity index (χ2v) is 6.78. The van der Waals surface area contributed by atoms with Crippen molar-refractivity contribution in [3.63, 3.8) is 0 Å². The molecule has 150 valence electrons. The SMILES string of the molecule is CC[C@H](C)[C@@H](NC(=O)[C@H](NC(=O)OCc1ccccc1)[C@@H](C)CC)C(=O)O. The molecule has 3 N–H and O–H groups in total. The second-order valence-electron chi connectivity index (χ2n) is 6.78. The Bertz CT molecular complexity index is 620. The molecule has 0 bridgehead atoms. The van der Waals surface area contributed by atoms with Gasteiger partial charge in [0.25, 0.3) is 0 Å². The zero-order chi connectivity index (χ0) is 20.4. The third kappa shape index (κ3) is 7.29. The van der Waals surface area contributed by atoms with Crippen molar-refractivity contribution in [1.82, 2.24) is 10.6 Å². The Morgan fingerprint density at radius 3 is 2.04 bits per heavy atom. The molecule has 0 heterocycles. The number of carboxylic acids is 1. The van der Waals surface area contributed by atoms with Crippen LogP contribution in [0.5, 0.6) is 0 Å². The number of alkyl carbamates (subject to hydrolysis) is 1. The summed E-state index contributed by atoms with van der Waals surface area (Å²) in [5, 5.41) is 14.5. The van der Waals surface area contributed by atoms with Crippen molar-refractivity contribution in [2.24, 2.45) is 11.8 Å². The Balaban J connectivity index is 2.74. The van der Waals surface area contributed by atoms with Crippen LogP contribution in [0.25, 0.3) is 0 Å². The van der Waals surface area contributed by atoms with E-state index in [0.29, 0.717) is 12.8 Å². The van der Waals surface area contributed by atoms with Crippen LogP contribution in [0.1, 0.15) is 46.1 Å². The van der Waals surface area contributed by atoms with Crippen LogP contribution in [-0.2, 0) is 20.9 Å². The summed E-state index contributed by atoms with van der Waals surface area (Å²) in [5.41, 5.74) is 0.833. The number of ether oxygens (including phenoxy) is 1. The van der Waals surface area contributed by atoms with Crippen LogP contribution >= 0.6 is 0 Å². The molecule has 0 unspecified atom stereocenters. The highest BCUT2D eigenvalue weighted by Gasteiger charge is 2.32.